The largest absolute Gasteiger partial charge is 0.363 e. The minimum atomic E-state index is -0.902. The van der Waals surface area contributed by atoms with Crippen LogP contribution in [0.15, 0.2) is 24.3 Å². The maximum Gasteiger partial charge on any atom is 0.289 e. The van der Waals surface area contributed by atoms with Crippen LogP contribution in [0.4, 0.5) is 0 Å². The highest BCUT2D eigenvalue weighted by Gasteiger charge is 2.14. The van der Waals surface area contributed by atoms with Crippen molar-refractivity contribution in [3.8, 4) is 0 Å². The number of carbonyl (C=O) groups is 2. The first-order valence-corrected chi connectivity index (χ1v) is 4.08. The van der Waals surface area contributed by atoms with Crippen molar-refractivity contribution in [3.63, 3.8) is 0 Å². The average molecular weight is 177 g/mol. The highest BCUT2D eigenvalue weighted by Crippen LogP contribution is 2.09. The molecule has 13 heavy (non-hydrogen) atoms. The van der Waals surface area contributed by atoms with Crippen molar-refractivity contribution >= 4 is 11.7 Å². The zero-order valence-corrected chi connectivity index (χ0v) is 7.41. The van der Waals surface area contributed by atoms with Gasteiger partial charge in [0.05, 0.1) is 0 Å². The molecule has 3 nitrogen and oxygen atoms in total. The molecule has 68 valence electrons. The van der Waals surface area contributed by atoms with Crippen LogP contribution >= 0.6 is 0 Å². The molecule has 0 aliphatic carbocycles. The van der Waals surface area contributed by atoms with E-state index in [0.717, 1.165) is 12.0 Å². The summed E-state index contributed by atoms with van der Waals surface area (Å²) < 4.78 is 0. The molecule has 0 heterocycles. The van der Waals surface area contributed by atoms with Crippen LogP contribution in [-0.2, 0) is 11.2 Å². The Kier molecular flexibility index (Phi) is 2.80. The minimum Gasteiger partial charge on any atom is -0.363 e. The van der Waals surface area contributed by atoms with Crippen LogP contribution in [0.2, 0.25) is 0 Å². The lowest BCUT2D eigenvalue weighted by atomic mass is 10.0. The fourth-order valence-corrected chi connectivity index (χ4v) is 1.18. The van der Waals surface area contributed by atoms with Gasteiger partial charge >= 0.3 is 0 Å². The molecular weight excluding hydrogens is 166 g/mol. The van der Waals surface area contributed by atoms with Gasteiger partial charge in [-0.3, -0.25) is 9.59 Å². The molecule has 1 aromatic rings. The number of carbonyl (C=O) groups excluding carboxylic acids is 2. The fraction of sp³-hybridized carbons (Fsp3) is 0.200. The molecule has 0 bridgehead atoms. The quantitative estimate of drug-likeness (QED) is 0.551. The molecule has 0 aliphatic heterocycles. The van der Waals surface area contributed by atoms with Gasteiger partial charge in [0.25, 0.3) is 5.91 Å². The molecule has 0 aromatic heterocycles. The summed E-state index contributed by atoms with van der Waals surface area (Å²) in [6.07, 6.45) is 0.717. The van der Waals surface area contributed by atoms with E-state index in [1.54, 1.807) is 12.1 Å². The number of hydrogen-bond acceptors (Lipinski definition) is 2. The SMILES string of the molecule is CCc1ccccc1C(=O)C(N)=O. The molecule has 1 rings (SSSR count). The molecule has 0 saturated carbocycles. The van der Waals surface area contributed by atoms with Crippen LogP contribution in [0, 0.1) is 0 Å². The van der Waals surface area contributed by atoms with Crippen molar-refractivity contribution in [3.05, 3.63) is 35.4 Å². The van der Waals surface area contributed by atoms with Gasteiger partial charge in [-0.2, -0.15) is 0 Å². The van der Waals surface area contributed by atoms with Crippen LogP contribution < -0.4 is 5.73 Å². The maximum absolute atomic E-state index is 11.2. The number of primary amides is 1. The van der Waals surface area contributed by atoms with E-state index in [9.17, 15) is 9.59 Å². The second-order valence-electron chi connectivity index (χ2n) is 2.70. The molecule has 1 aromatic carbocycles. The fourth-order valence-electron chi connectivity index (χ4n) is 1.18. The lowest BCUT2D eigenvalue weighted by molar-refractivity contribution is -0.114. The smallest absolute Gasteiger partial charge is 0.289 e. The summed E-state index contributed by atoms with van der Waals surface area (Å²) in [7, 11) is 0. The molecule has 0 saturated heterocycles. The highest BCUT2D eigenvalue weighted by molar-refractivity contribution is 6.42. The third kappa shape index (κ3) is 1.93. The molecule has 0 aliphatic rings. The van der Waals surface area contributed by atoms with Crippen molar-refractivity contribution in [1.29, 1.82) is 0 Å². The van der Waals surface area contributed by atoms with Crippen molar-refractivity contribution in [2.24, 2.45) is 5.73 Å². The third-order valence-electron chi connectivity index (χ3n) is 1.87. The first-order valence-electron chi connectivity index (χ1n) is 4.08. The van der Waals surface area contributed by atoms with E-state index in [0.29, 0.717) is 5.56 Å². The van der Waals surface area contributed by atoms with E-state index >= 15 is 0 Å². The second-order valence-corrected chi connectivity index (χ2v) is 2.70. The number of hydrogen-bond donors (Lipinski definition) is 1. The van der Waals surface area contributed by atoms with Crippen molar-refractivity contribution in [2.45, 2.75) is 13.3 Å². The zero-order valence-electron chi connectivity index (χ0n) is 7.41. The monoisotopic (exact) mass is 177 g/mol. The first kappa shape index (κ1) is 9.45. The van der Waals surface area contributed by atoms with Crippen LogP contribution in [0.1, 0.15) is 22.8 Å². The first-order chi connectivity index (χ1) is 6.16. The van der Waals surface area contributed by atoms with Gasteiger partial charge in [-0.15, -0.1) is 0 Å². The molecule has 0 unspecified atom stereocenters. The highest BCUT2D eigenvalue weighted by atomic mass is 16.2. The molecule has 0 atom stereocenters. The predicted molar refractivity (Wildman–Crippen MR) is 49.3 cm³/mol. The van der Waals surface area contributed by atoms with E-state index < -0.39 is 11.7 Å². The van der Waals surface area contributed by atoms with Crippen molar-refractivity contribution in [1.82, 2.24) is 0 Å². The van der Waals surface area contributed by atoms with Gasteiger partial charge < -0.3 is 5.73 Å². The number of rotatable bonds is 3. The Labute approximate surface area is 76.6 Å². The van der Waals surface area contributed by atoms with Crippen LogP contribution in [0.5, 0.6) is 0 Å². The Bertz CT molecular complexity index is 345. The van der Waals surface area contributed by atoms with Crippen LogP contribution in [0.25, 0.3) is 0 Å². The second kappa shape index (κ2) is 3.85. The van der Waals surface area contributed by atoms with Gasteiger partial charge in [-0.05, 0) is 12.0 Å². The summed E-state index contributed by atoms with van der Waals surface area (Å²) in [4.78, 5) is 21.9. The molecule has 2 N–H and O–H groups in total. The molecule has 0 fully saturated rings. The molecule has 3 heteroatoms. The van der Waals surface area contributed by atoms with Gasteiger partial charge in [0, 0.05) is 5.56 Å². The van der Waals surface area contributed by atoms with Crippen LogP contribution in [0.3, 0.4) is 0 Å². The molecular formula is C10H11NO2. The van der Waals surface area contributed by atoms with Crippen molar-refractivity contribution < 1.29 is 9.59 Å². The normalized spacial score (nSPS) is 9.62. The summed E-state index contributed by atoms with van der Waals surface area (Å²) in [6, 6.07) is 6.98. The number of aryl methyl sites for hydroxylation is 1. The standard InChI is InChI=1S/C10H11NO2/c1-2-7-5-3-4-6-8(7)9(12)10(11)13/h3-6H,2H2,1H3,(H2,11,13). The van der Waals surface area contributed by atoms with Crippen LogP contribution in [-0.4, -0.2) is 11.7 Å². The van der Waals surface area contributed by atoms with E-state index in [-0.39, 0.29) is 0 Å². The number of benzene rings is 1. The lowest BCUT2D eigenvalue weighted by Gasteiger charge is -2.02. The predicted octanol–water partition coefficient (Wildman–Crippen LogP) is 0.917. The number of Topliss-reactive ketones (excluding diaryl/α,β-unsaturated/α-hetero) is 1. The summed E-state index contributed by atoms with van der Waals surface area (Å²) in [5.41, 5.74) is 6.17. The summed E-state index contributed by atoms with van der Waals surface area (Å²) in [5, 5.41) is 0. The van der Waals surface area contributed by atoms with Gasteiger partial charge in [-0.1, -0.05) is 31.2 Å². The average Bonchev–Trinajstić information content (AvgIpc) is 2.16. The van der Waals surface area contributed by atoms with E-state index in [1.165, 1.54) is 0 Å². The third-order valence-corrected chi connectivity index (χ3v) is 1.87. The van der Waals surface area contributed by atoms with Gasteiger partial charge in [0.2, 0.25) is 5.78 Å². The number of ketones is 1. The van der Waals surface area contributed by atoms with E-state index in [1.807, 2.05) is 19.1 Å². The summed E-state index contributed by atoms with van der Waals surface area (Å²) >= 11 is 0. The van der Waals surface area contributed by atoms with Gasteiger partial charge in [-0.25, -0.2) is 0 Å². The Morgan fingerprint density at radius 3 is 2.46 bits per heavy atom. The van der Waals surface area contributed by atoms with E-state index in [2.05, 4.69) is 0 Å². The van der Waals surface area contributed by atoms with Gasteiger partial charge in [0.1, 0.15) is 0 Å². The summed E-state index contributed by atoms with van der Waals surface area (Å²) in [5.74, 6) is -1.52. The molecule has 1 amide bonds. The Morgan fingerprint density at radius 1 is 1.31 bits per heavy atom. The molecule has 0 radical (unpaired) electrons. The maximum atomic E-state index is 11.2. The number of amides is 1. The van der Waals surface area contributed by atoms with E-state index in [4.69, 9.17) is 5.73 Å². The minimum absolute atomic E-state index is 0.414. The number of nitrogens with two attached hydrogens (primary N) is 1. The van der Waals surface area contributed by atoms with Crippen molar-refractivity contribution in [2.75, 3.05) is 0 Å². The zero-order chi connectivity index (χ0) is 9.84. The molecule has 0 spiro atoms. The topological polar surface area (TPSA) is 60.2 Å². The Morgan fingerprint density at radius 2 is 1.92 bits per heavy atom. The lowest BCUT2D eigenvalue weighted by Crippen LogP contribution is -2.24. The summed E-state index contributed by atoms with van der Waals surface area (Å²) in [6.45, 7) is 1.92. The van der Waals surface area contributed by atoms with Gasteiger partial charge in [0.15, 0.2) is 0 Å². The Balaban J connectivity index is 3.13. The Hall–Kier alpha value is -1.64.